The van der Waals surface area contributed by atoms with Crippen molar-refractivity contribution in [2.75, 3.05) is 6.54 Å². The van der Waals surface area contributed by atoms with E-state index < -0.39 is 11.6 Å². The van der Waals surface area contributed by atoms with Gasteiger partial charge in [-0.1, -0.05) is 49.7 Å². The third kappa shape index (κ3) is 3.84. The van der Waals surface area contributed by atoms with Gasteiger partial charge in [0.15, 0.2) is 0 Å². The van der Waals surface area contributed by atoms with Crippen molar-refractivity contribution in [1.82, 2.24) is 15.5 Å². The van der Waals surface area contributed by atoms with Crippen molar-refractivity contribution in [3.8, 4) is 0 Å². The first-order valence-corrected chi connectivity index (χ1v) is 10.4. The van der Waals surface area contributed by atoms with Crippen LogP contribution in [0.15, 0.2) is 42.5 Å². The number of hydrogen-bond acceptors (Lipinski definition) is 3. The quantitative estimate of drug-likeness (QED) is 0.765. The Kier molecular flexibility index (Phi) is 5.26. The molecule has 2 aromatic rings. The van der Waals surface area contributed by atoms with Crippen LogP contribution in [-0.2, 0) is 16.1 Å². The lowest BCUT2D eigenvalue weighted by atomic mass is 9.75. The molecule has 1 heterocycles. The van der Waals surface area contributed by atoms with Gasteiger partial charge in [0.05, 0.1) is 0 Å². The van der Waals surface area contributed by atoms with Gasteiger partial charge in [-0.2, -0.15) is 0 Å². The van der Waals surface area contributed by atoms with Crippen molar-refractivity contribution < 1.29 is 14.4 Å². The third-order valence-corrected chi connectivity index (χ3v) is 6.39. The number of nitrogens with one attached hydrogen (secondary N) is 2. The number of fused-ring (bicyclic) bond motifs is 1. The second kappa shape index (κ2) is 7.85. The number of urea groups is 1. The molecule has 1 spiro atoms. The standard InChI is InChI=1S/C23H27N3O3/c1-2-16-9-11-23(12-10-16)21(28)26(22(29)25-23)15-20(27)24-14-17-7-8-18-5-3-4-6-19(18)13-17/h3-8,13,16H,2,9-12,14-15H2,1H3,(H,24,27)(H,25,29). The zero-order chi connectivity index (χ0) is 20.4. The molecule has 152 valence electrons. The second-order valence-corrected chi connectivity index (χ2v) is 8.21. The Morgan fingerprint density at radius 2 is 1.86 bits per heavy atom. The van der Waals surface area contributed by atoms with E-state index in [2.05, 4.69) is 17.6 Å². The Morgan fingerprint density at radius 1 is 1.14 bits per heavy atom. The van der Waals surface area contributed by atoms with Crippen LogP contribution in [0.2, 0.25) is 0 Å². The highest BCUT2D eigenvalue weighted by Crippen LogP contribution is 2.37. The van der Waals surface area contributed by atoms with Crippen molar-refractivity contribution in [2.45, 2.75) is 51.1 Å². The number of amides is 4. The summed E-state index contributed by atoms with van der Waals surface area (Å²) < 4.78 is 0. The molecule has 4 rings (SSSR count). The molecule has 6 nitrogen and oxygen atoms in total. The number of imide groups is 1. The average Bonchev–Trinajstić information content (AvgIpc) is 2.96. The molecular weight excluding hydrogens is 366 g/mol. The molecule has 0 unspecified atom stereocenters. The normalized spacial score (nSPS) is 24.2. The second-order valence-electron chi connectivity index (χ2n) is 8.21. The first-order valence-electron chi connectivity index (χ1n) is 10.4. The van der Waals surface area contributed by atoms with Gasteiger partial charge in [0.1, 0.15) is 12.1 Å². The predicted octanol–water partition coefficient (Wildman–Crippen LogP) is 3.35. The highest BCUT2D eigenvalue weighted by atomic mass is 16.2. The average molecular weight is 393 g/mol. The Bertz CT molecular complexity index is 947. The molecule has 1 saturated carbocycles. The molecule has 2 aliphatic rings. The summed E-state index contributed by atoms with van der Waals surface area (Å²) in [4.78, 5) is 38.8. The maximum Gasteiger partial charge on any atom is 0.325 e. The van der Waals surface area contributed by atoms with Gasteiger partial charge in [-0.05, 0) is 54.0 Å². The molecule has 4 amide bonds. The van der Waals surface area contributed by atoms with Gasteiger partial charge in [0, 0.05) is 6.54 Å². The molecule has 1 aliphatic heterocycles. The van der Waals surface area contributed by atoms with Crippen LogP contribution in [0.25, 0.3) is 10.8 Å². The lowest BCUT2D eigenvalue weighted by molar-refractivity contribution is -0.136. The SMILES string of the molecule is CCC1CCC2(CC1)NC(=O)N(CC(=O)NCc1ccc3ccccc3c1)C2=O. The summed E-state index contributed by atoms with van der Waals surface area (Å²) in [5.41, 5.74) is 0.171. The molecule has 0 aromatic heterocycles. The van der Waals surface area contributed by atoms with Crippen molar-refractivity contribution in [3.05, 3.63) is 48.0 Å². The molecule has 0 bridgehead atoms. The molecule has 1 aliphatic carbocycles. The number of nitrogens with zero attached hydrogens (tertiary/aromatic N) is 1. The van der Waals surface area contributed by atoms with E-state index in [0.717, 1.165) is 40.5 Å². The lowest BCUT2D eigenvalue weighted by Gasteiger charge is -2.34. The molecule has 6 heteroatoms. The lowest BCUT2D eigenvalue weighted by Crippen LogP contribution is -2.50. The smallest absolute Gasteiger partial charge is 0.325 e. The molecule has 2 fully saturated rings. The summed E-state index contributed by atoms with van der Waals surface area (Å²) >= 11 is 0. The van der Waals surface area contributed by atoms with E-state index in [9.17, 15) is 14.4 Å². The highest BCUT2D eigenvalue weighted by molar-refractivity contribution is 6.09. The van der Waals surface area contributed by atoms with Gasteiger partial charge in [0.2, 0.25) is 5.91 Å². The van der Waals surface area contributed by atoms with Gasteiger partial charge < -0.3 is 10.6 Å². The predicted molar refractivity (Wildman–Crippen MR) is 111 cm³/mol. The molecular formula is C23H27N3O3. The first kappa shape index (κ1) is 19.4. The van der Waals surface area contributed by atoms with Crippen LogP contribution < -0.4 is 10.6 Å². The Balaban J connectivity index is 1.35. The molecule has 1 saturated heterocycles. The zero-order valence-electron chi connectivity index (χ0n) is 16.7. The van der Waals surface area contributed by atoms with Crippen molar-refractivity contribution in [2.24, 2.45) is 5.92 Å². The topological polar surface area (TPSA) is 78.5 Å². The largest absolute Gasteiger partial charge is 0.350 e. The summed E-state index contributed by atoms with van der Waals surface area (Å²) in [7, 11) is 0. The number of carbonyl (C=O) groups excluding carboxylic acids is 3. The number of carbonyl (C=O) groups is 3. The maximum absolute atomic E-state index is 12.9. The molecule has 29 heavy (non-hydrogen) atoms. The summed E-state index contributed by atoms with van der Waals surface area (Å²) in [6, 6.07) is 13.6. The molecule has 0 radical (unpaired) electrons. The fourth-order valence-electron chi connectivity index (χ4n) is 4.49. The van der Waals surface area contributed by atoms with E-state index in [4.69, 9.17) is 0 Å². The fraction of sp³-hybridized carbons (Fsp3) is 0.435. The van der Waals surface area contributed by atoms with E-state index in [1.165, 1.54) is 0 Å². The van der Waals surface area contributed by atoms with E-state index in [-0.39, 0.29) is 18.4 Å². The van der Waals surface area contributed by atoms with Gasteiger partial charge in [-0.15, -0.1) is 0 Å². The number of rotatable bonds is 5. The Morgan fingerprint density at radius 3 is 2.59 bits per heavy atom. The van der Waals surface area contributed by atoms with Crippen LogP contribution in [0.5, 0.6) is 0 Å². The van der Waals surface area contributed by atoms with Crippen molar-refractivity contribution in [3.63, 3.8) is 0 Å². The molecule has 2 N–H and O–H groups in total. The Hall–Kier alpha value is -2.89. The minimum absolute atomic E-state index is 0.239. The fourth-order valence-corrected chi connectivity index (χ4v) is 4.49. The first-order chi connectivity index (χ1) is 14.0. The maximum atomic E-state index is 12.9. The van der Waals surface area contributed by atoms with Gasteiger partial charge in [-0.25, -0.2) is 4.79 Å². The van der Waals surface area contributed by atoms with Crippen LogP contribution in [-0.4, -0.2) is 34.8 Å². The number of hydrogen-bond donors (Lipinski definition) is 2. The summed E-state index contributed by atoms with van der Waals surface area (Å²) in [6.07, 6.45) is 4.28. The summed E-state index contributed by atoms with van der Waals surface area (Å²) in [5.74, 6) is 0.0310. The minimum atomic E-state index is -0.804. The molecule has 0 atom stereocenters. The summed E-state index contributed by atoms with van der Waals surface area (Å²) in [5, 5.41) is 7.95. The van der Waals surface area contributed by atoms with Gasteiger partial charge in [0.25, 0.3) is 5.91 Å². The van der Waals surface area contributed by atoms with Crippen LogP contribution in [0.3, 0.4) is 0 Å². The van der Waals surface area contributed by atoms with E-state index in [1.54, 1.807) is 0 Å². The van der Waals surface area contributed by atoms with E-state index >= 15 is 0 Å². The third-order valence-electron chi connectivity index (χ3n) is 6.39. The Labute approximate surface area is 170 Å². The molecule has 2 aromatic carbocycles. The van der Waals surface area contributed by atoms with Gasteiger partial charge >= 0.3 is 6.03 Å². The summed E-state index contributed by atoms with van der Waals surface area (Å²) in [6.45, 7) is 2.28. The monoisotopic (exact) mass is 393 g/mol. The van der Waals surface area contributed by atoms with E-state index in [0.29, 0.717) is 25.3 Å². The van der Waals surface area contributed by atoms with E-state index in [1.807, 2.05) is 42.5 Å². The minimum Gasteiger partial charge on any atom is -0.350 e. The van der Waals surface area contributed by atoms with Crippen LogP contribution >= 0.6 is 0 Å². The van der Waals surface area contributed by atoms with Crippen LogP contribution in [0.1, 0.15) is 44.6 Å². The highest BCUT2D eigenvalue weighted by Gasteiger charge is 2.52. The van der Waals surface area contributed by atoms with Gasteiger partial charge in [-0.3, -0.25) is 14.5 Å². The van der Waals surface area contributed by atoms with Crippen molar-refractivity contribution in [1.29, 1.82) is 0 Å². The van der Waals surface area contributed by atoms with Crippen LogP contribution in [0, 0.1) is 5.92 Å². The van der Waals surface area contributed by atoms with Crippen LogP contribution in [0.4, 0.5) is 4.79 Å². The zero-order valence-corrected chi connectivity index (χ0v) is 16.7. The number of benzene rings is 2. The van der Waals surface area contributed by atoms with Crippen molar-refractivity contribution >= 4 is 28.6 Å².